The summed E-state index contributed by atoms with van der Waals surface area (Å²) in [6.07, 6.45) is 5.80. The Labute approximate surface area is 221 Å². The lowest BCUT2D eigenvalue weighted by Crippen LogP contribution is -2.31. The number of aryl methyl sites for hydroxylation is 1. The van der Waals surface area contributed by atoms with Crippen LogP contribution in [0, 0.1) is 0 Å². The van der Waals surface area contributed by atoms with Gasteiger partial charge in [0.1, 0.15) is 5.82 Å². The zero-order valence-corrected chi connectivity index (χ0v) is 22.1. The van der Waals surface area contributed by atoms with E-state index in [1.54, 1.807) is 12.1 Å². The number of halogens is 2. The summed E-state index contributed by atoms with van der Waals surface area (Å²) < 4.78 is 0. The molecule has 1 unspecified atom stereocenters. The highest BCUT2D eigenvalue weighted by Gasteiger charge is 2.24. The van der Waals surface area contributed by atoms with Crippen LogP contribution in [-0.2, 0) is 6.42 Å². The number of rotatable bonds is 6. The maximum Gasteiger partial charge on any atom is 0.152 e. The van der Waals surface area contributed by atoms with Gasteiger partial charge in [0.2, 0.25) is 0 Å². The summed E-state index contributed by atoms with van der Waals surface area (Å²) in [5.74, 6) is 0.894. The lowest BCUT2D eigenvalue weighted by molar-refractivity contribution is 0.315. The van der Waals surface area contributed by atoms with Crippen LogP contribution in [0.3, 0.4) is 0 Å². The minimum absolute atomic E-state index is 0.109. The molecule has 0 radical (unpaired) electrons. The zero-order chi connectivity index (χ0) is 25.4. The topological polar surface area (TPSA) is 64.5 Å². The van der Waals surface area contributed by atoms with Gasteiger partial charge in [0.15, 0.2) is 5.75 Å². The first kappa shape index (κ1) is 24.6. The van der Waals surface area contributed by atoms with Crippen LogP contribution in [-0.4, -0.2) is 53.2 Å². The smallest absolute Gasteiger partial charge is 0.152 e. The number of anilines is 3. The van der Waals surface area contributed by atoms with Crippen molar-refractivity contribution >= 4 is 51.3 Å². The number of phenolic OH excluding ortho intramolecular Hbond substituents is 1. The normalized spacial score (nSPS) is 15.7. The number of likely N-dealkylation sites (N-methyl/N-ethyl adjacent to an activating group) is 1. The van der Waals surface area contributed by atoms with Crippen molar-refractivity contribution in [1.82, 2.24) is 14.9 Å². The largest absolute Gasteiger partial charge is 0.505 e. The molecule has 1 aliphatic rings. The van der Waals surface area contributed by atoms with Gasteiger partial charge in [0.05, 0.1) is 33.1 Å². The molecule has 0 amide bonds. The molecule has 186 valence electrons. The Hall–Kier alpha value is -3.06. The second-order valence-corrected chi connectivity index (χ2v) is 10.2. The minimum atomic E-state index is -0.109. The number of hydrogen-bond donors (Lipinski definition) is 2. The lowest BCUT2D eigenvalue weighted by atomic mass is 10.0. The summed E-state index contributed by atoms with van der Waals surface area (Å²) in [6.45, 7) is 4.13. The highest BCUT2D eigenvalue weighted by Crippen LogP contribution is 2.38. The Bertz CT molecular complexity index is 1380. The summed E-state index contributed by atoms with van der Waals surface area (Å²) in [4.78, 5) is 14.0. The van der Waals surface area contributed by atoms with E-state index in [0.29, 0.717) is 6.04 Å². The maximum absolute atomic E-state index is 9.96. The average molecular weight is 522 g/mol. The summed E-state index contributed by atoms with van der Waals surface area (Å²) in [7, 11) is 4.27. The standard InChI is InChI=1S/C28H29Cl2N5O/c1-4-17-14-31-25-7-5-18(19-12-23(29)28(36)24(30)13-19)11-22(25)27(17)33-20-6-8-26(32-15-20)35-10-9-21(16-35)34(2)3/h5-8,11-15,21,36H,4,9-10,16H2,1-3H3,(H,31,33). The van der Waals surface area contributed by atoms with Crippen molar-refractivity contribution in [2.24, 2.45) is 0 Å². The molecule has 6 nitrogen and oxygen atoms in total. The molecule has 0 aliphatic carbocycles. The van der Waals surface area contributed by atoms with Crippen molar-refractivity contribution in [1.29, 1.82) is 0 Å². The first-order valence-electron chi connectivity index (χ1n) is 12.1. The van der Waals surface area contributed by atoms with E-state index in [1.165, 1.54) is 0 Å². The number of nitrogens with zero attached hydrogens (tertiary/aromatic N) is 4. The molecule has 1 aliphatic heterocycles. The predicted molar refractivity (Wildman–Crippen MR) is 150 cm³/mol. The Morgan fingerprint density at radius 3 is 2.44 bits per heavy atom. The van der Waals surface area contributed by atoms with Crippen molar-refractivity contribution < 1.29 is 5.11 Å². The van der Waals surface area contributed by atoms with Gasteiger partial charge in [-0.05, 0) is 80.0 Å². The number of benzene rings is 2. The number of fused-ring (bicyclic) bond motifs is 1. The number of phenols is 1. The van der Waals surface area contributed by atoms with E-state index in [9.17, 15) is 5.11 Å². The van der Waals surface area contributed by atoms with Gasteiger partial charge in [-0.25, -0.2) is 4.98 Å². The fraction of sp³-hybridized carbons (Fsp3) is 0.286. The Morgan fingerprint density at radius 2 is 1.81 bits per heavy atom. The maximum atomic E-state index is 9.96. The van der Waals surface area contributed by atoms with E-state index >= 15 is 0 Å². The van der Waals surface area contributed by atoms with Crippen LogP contribution >= 0.6 is 23.2 Å². The molecule has 4 aromatic rings. The Morgan fingerprint density at radius 1 is 1.03 bits per heavy atom. The fourth-order valence-electron chi connectivity index (χ4n) is 4.72. The quantitative estimate of drug-likeness (QED) is 0.292. The van der Waals surface area contributed by atoms with E-state index < -0.39 is 0 Å². The number of aromatic hydroxyl groups is 1. The average Bonchev–Trinajstić information content (AvgIpc) is 3.38. The first-order valence-corrected chi connectivity index (χ1v) is 12.8. The zero-order valence-electron chi connectivity index (χ0n) is 20.6. The van der Waals surface area contributed by atoms with E-state index in [0.717, 1.165) is 70.7 Å². The van der Waals surface area contributed by atoms with Gasteiger partial charge in [-0.1, -0.05) is 36.2 Å². The van der Waals surface area contributed by atoms with Gasteiger partial charge < -0.3 is 20.2 Å². The van der Waals surface area contributed by atoms with Crippen LogP contribution in [0.1, 0.15) is 18.9 Å². The van der Waals surface area contributed by atoms with Gasteiger partial charge in [-0.2, -0.15) is 0 Å². The third kappa shape index (κ3) is 4.81. The second-order valence-electron chi connectivity index (χ2n) is 9.41. The number of aromatic nitrogens is 2. The van der Waals surface area contributed by atoms with Gasteiger partial charge in [0.25, 0.3) is 0 Å². The van der Waals surface area contributed by atoms with Crippen LogP contribution in [0.25, 0.3) is 22.0 Å². The molecule has 2 N–H and O–H groups in total. The lowest BCUT2D eigenvalue weighted by Gasteiger charge is -2.21. The van der Waals surface area contributed by atoms with Crippen LogP contribution in [0.15, 0.2) is 54.9 Å². The second kappa shape index (κ2) is 10.1. The molecule has 5 rings (SSSR count). The molecule has 0 saturated carbocycles. The monoisotopic (exact) mass is 521 g/mol. The number of hydrogen-bond acceptors (Lipinski definition) is 6. The molecular formula is C28H29Cl2N5O. The van der Waals surface area contributed by atoms with Crippen molar-refractivity contribution in [3.8, 4) is 16.9 Å². The van der Waals surface area contributed by atoms with Crippen LogP contribution in [0.4, 0.5) is 17.2 Å². The molecule has 3 heterocycles. The van der Waals surface area contributed by atoms with Crippen molar-refractivity contribution in [3.63, 3.8) is 0 Å². The third-order valence-corrected chi connectivity index (χ3v) is 7.49. The molecular weight excluding hydrogens is 493 g/mol. The molecule has 36 heavy (non-hydrogen) atoms. The first-order chi connectivity index (χ1) is 17.3. The summed E-state index contributed by atoms with van der Waals surface area (Å²) in [5, 5.41) is 15.0. The molecule has 8 heteroatoms. The van der Waals surface area contributed by atoms with Gasteiger partial charge in [-0.3, -0.25) is 4.98 Å². The highest BCUT2D eigenvalue weighted by atomic mass is 35.5. The third-order valence-electron chi connectivity index (χ3n) is 6.91. The summed E-state index contributed by atoms with van der Waals surface area (Å²) in [6, 6.07) is 14.2. The van der Waals surface area contributed by atoms with E-state index in [1.807, 2.05) is 24.5 Å². The number of nitrogens with one attached hydrogen (secondary N) is 1. The Balaban J connectivity index is 1.48. The molecule has 2 aromatic carbocycles. The van der Waals surface area contributed by atoms with E-state index in [-0.39, 0.29) is 15.8 Å². The van der Waals surface area contributed by atoms with Gasteiger partial charge in [-0.15, -0.1) is 0 Å². The molecule has 1 saturated heterocycles. The van der Waals surface area contributed by atoms with Crippen molar-refractivity contribution in [2.45, 2.75) is 25.8 Å². The van der Waals surface area contributed by atoms with Crippen LogP contribution in [0.2, 0.25) is 10.0 Å². The summed E-state index contributed by atoms with van der Waals surface area (Å²) >= 11 is 12.4. The minimum Gasteiger partial charge on any atom is -0.505 e. The highest BCUT2D eigenvalue weighted by molar-refractivity contribution is 6.37. The summed E-state index contributed by atoms with van der Waals surface area (Å²) in [5.41, 5.74) is 5.67. The molecule has 0 bridgehead atoms. The van der Waals surface area contributed by atoms with E-state index in [2.05, 4.69) is 59.3 Å². The molecule has 1 atom stereocenters. The van der Waals surface area contributed by atoms with Crippen LogP contribution in [0.5, 0.6) is 5.75 Å². The SMILES string of the molecule is CCc1cnc2ccc(-c3cc(Cl)c(O)c(Cl)c3)cc2c1Nc1ccc(N2CCC(N(C)C)C2)nc1. The van der Waals surface area contributed by atoms with Crippen LogP contribution < -0.4 is 10.2 Å². The molecule has 0 spiro atoms. The fourth-order valence-corrected chi connectivity index (χ4v) is 5.21. The van der Waals surface area contributed by atoms with Crippen molar-refractivity contribution in [3.05, 3.63) is 70.5 Å². The van der Waals surface area contributed by atoms with Crippen molar-refractivity contribution in [2.75, 3.05) is 37.4 Å². The number of pyridine rings is 2. The van der Waals surface area contributed by atoms with Gasteiger partial charge >= 0.3 is 0 Å². The van der Waals surface area contributed by atoms with Gasteiger partial charge in [0, 0.05) is 30.7 Å². The predicted octanol–water partition coefficient (Wildman–Crippen LogP) is 6.76. The Kier molecular flexibility index (Phi) is 6.93. The molecule has 2 aromatic heterocycles. The van der Waals surface area contributed by atoms with E-state index in [4.69, 9.17) is 28.2 Å². The molecule has 1 fully saturated rings.